The van der Waals surface area contributed by atoms with E-state index in [0.29, 0.717) is 10.2 Å². The molecule has 4 aromatic carbocycles. The molecule has 36 heavy (non-hydrogen) atoms. The summed E-state index contributed by atoms with van der Waals surface area (Å²) in [5.41, 5.74) is 8.27. The van der Waals surface area contributed by atoms with E-state index in [1.807, 2.05) is 48.5 Å². The van der Waals surface area contributed by atoms with Gasteiger partial charge in [0.25, 0.3) is 0 Å². The standard InChI is InChI=1S/C28H24Br2N4S2/c1-17-15-19(3-13-25(17)33-27(35)31-23-9-5-21(29)6-10-23)20-4-14-26(18(2)16-20)34-28(36)32-24-11-7-22(30)8-12-24/h3-16H,1-2H3,(H2,31,33,35)(H2,32,34,36). The molecule has 0 aromatic heterocycles. The molecule has 0 aliphatic carbocycles. The molecular weight excluding hydrogens is 616 g/mol. The van der Waals surface area contributed by atoms with Crippen molar-refractivity contribution in [1.82, 2.24) is 0 Å². The first-order valence-electron chi connectivity index (χ1n) is 11.2. The third kappa shape index (κ3) is 7.13. The van der Waals surface area contributed by atoms with Gasteiger partial charge in [-0.3, -0.25) is 0 Å². The Bertz CT molecular complexity index is 1300. The van der Waals surface area contributed by atoms with Crippen LogP contribution in [0.25, 0.3) is 11.1 Å². The molecule has 4 N–H and O–H groups in total. The Morgan fingerprint density at radius 3 is 1.22 bits per heavy atom. The molecule has 0 heterocycles. The van der Waals surface area contributed by atoms with Crippen molar-refractivity contribution in [2.45, 2.75) is 13.8 Å². The van der Waals surface area contributed by atoms with Gasteiger partial charge in [0, 0.05) is 31.7 Å². The zero-order chi connectivity index (χ0) is 25.7. The molecule has 0 aliphatic rings. The van der Waals surface area contributed by atoms with E-state index in [1.165, 1.54) is 0 Å². The monoisotopic (exact) mass is 638 g/mol. The Hall–Kier alpha value is -2.78. The smallest absolute Gasteiger partial charge is 0.175 e. The first-order valence-corrected chi connectivity index (χ1v) is 13.6. The van der Waals surface area contributed by atoms with Crippen molar-refractivity contribution in [3.63, 3.8) is 0 Å². The average molecular weight is 640 g/mol. The SMILES string of the molecule is Cc1cc(-c2ccc(NC(=S)Nc3ccc(Br)cc3)c(C)c2)ccc1NC(=S)Nc1ccc(Br)cc1. The van der Waals surface area contributed by atoms with Crippen molar-refractivity contribution in [2.24, 2.45) is 0 Å². The van der Waals surface area contributed by atoms with Crippen LogP contribution in [0.3, 0.4) is 0 Å². The predicted octanol–water partition coefficient (Wildman–Crippen LogP) is 9.11. The van der Waals surface area contributed by atoms with Crippen molar-refractivity contribution < 1.29 is 0 Å². The number of aryl methyl sites for hydroxylation is 2. The van der Waals surface area contributed by atoms with Gasteiger partial charge in [0.1, 0.15) is 0 Å². The topological polar surface area (TPSA) is 48.1 Å². The van der Waals surface area contributed by atoms with E-state index in [1.54, 1.807) is 0 Å². The fourth-order valence-corrected chi connectivity index (χ4v) is 4.59. The Labute approximate surface area is 239 Å². The summed E-state index contributed by atoms with van der Waals surface area (Å²) in [6, 6.07) is 28.4. The third-order valence-electron chi connectivity index (χ3n) is 5.49. The highest BCUT2D eigenvalue weighted by Crippen LogP contribution is 2.28. The maximum Gasteiger partial charge on any atom is 0.175 e. The minimum Gasteiger partial charge on any atom is -0.332 e. The van der Waals surface area contributed by atoms with Gasteiger partial charge < -0.3 is 21.3 Å². The van der Waals surface area contributed by atoms with Crippen molar-refractivity contribution >= 4 is 89.3 Å². The van der Waals surface area contributed by atoms with Crippen LogP contribution in [0.1, 0.15) is 11.1 Å². The van der Waals surface area contributed by atoms with Gasteiger partial charge >= 0.3 is 0 Å². The van der Waals surface area contributed by atoms with Crippen LogP contribution in [0.15, 0.2) is 93.9 Å². The molecule has 0 bridgehead atoms. The second kappa shape index (κ2) is 12.0. The lowest BCUT2D eigenvalue weighted by Crippen LogP contribution is -2.19. The number of anilines is 4. The van der Waals surface area contributed by atoms with Crippen LogP contribution in [0, 0.1) is 13.8 Å². The highest BCUT2D eigenvalue weighted by atomic mass is 79.9. The zero-order valence-corrected chi connectivity index (χ0v) is 24.5. The summed E-state index contributed by atoms with van der Waals surface area (Å²) < 4.78 is 2.05. The van der Waals surface area contributed by atoms with Gasteiger partial charge in [-0.05, 0) is 133 Å². The van der Waals surface area contributed by atoms with E-state index in [0.717, 1.165) is 53.9 Å². The van der Waals surface area contributed by atoms with E-state index in [9.17, 15) is 0 Å². The molecule has 0 spiro atoms. The number of hydrogen-bond acceptors (Lipinski definition) is 2. The average Bonchev–Trinajstić information content (AvgIpc) is 2.84. The van der Waals surface area contributed by atoms with E-state index in [-0.39, 0.29) is 0 Å². The molecular formula is C28H24Br2N4S2. The molecule has 0 amide bonds. The highest BCUT2D eigenvalue weighted by Gasteiger charge is 2.08. The Morgan fingerprint density at radius 1 is 0.528 bits per heavy atom. The third-order valence-corrected chi connectivity index (χ3v) is 6.95. The fraction of sp³-hybridized carbons (Fsp3) is 0.0714. The first-order chi connectivity index (χ1) is 17.3. The molecule has 0 unspecified atom stereocenters. The summed E-state index contributed by atoms with van der Waals surface area (Å²) in [7, 11) is 0. The van der Waals surface area contributed by atoms with Gasteiger partial charge in [-0.15, -0.1) is 0 Å². The van der Waals surface area contributed by atoms with Crippen LogP contribution in [0.2, 0.25) is 0 Å². The van der Waals surface area contributed by atoms with Crippen LogP contribution < -0.4 is 21.3 Å². The first kappa shape index (κ1) is 26.3. The van der Waals surface area contributed by atoms with Crippen LogP contribution in [0.4, 0.5) is 22.7 Å². The van der Waals surface area contributed by atoms with Crippen LogP contribution in [-0.4, -0.2) is 10.2 Å². The zero-order valence-electron chi connectivity index (χ0n) is 19.7. The maximum absolute atomic E-state index is 5.49. The lowest BCUT2D eigenvalue weighted by molar-refractivity contribution is 1.42. The Kier molecular flexibility index (Phi) is 8.74. The normalized spacial score (nSPS) is 10.4. The van der Waals surface area contributed by atoms with Gasteiger partial charge in [0.05, 0.1) is 0 Å². The van der Waals surface area contributed by atoms with Crippen molar-refractivity contribution in [3.8, 4) is 11.1 Å². The Morgan fingerprint density at radius 2 is 0.889 bits per heavy atom. The number of benzene rings is 4. The van der Waals surface area contributed by atoms with Gasteiger partial charge in [-0.2, -0.15) is 0 Å². The summed E-state index contributed by atoms with van der Waals surface area (Å²) in [4.78, 5) is 0. The van der Waals surface area contributed by atoms with Gasteiger partial charge in [0.2, 0.25) is 0 Å². The highest BCUT2D eigenvalue weighted by molar-refractivity contribution is 9.10. The maximum atomic E-state index is 5.49. The van der Waals surface area contributed by atoms with Crippen LogP contribution in [-0.2, 0) is 0 Å². The molecule has 0 saturated carbocycles. The van der Waals surface area contributed by atoms with Gasteiger partial charge in [-0.1, -0.05) is 44.0 Å². The number of thiocarbonyl (C=S) groups is 2. The minimum atomic E-state index is 0.548. The van der Waals surface area contributed by atoms with E-state index in [4.69, 9.17) is 24.4 Å². The molecule has 8 heteroatoms. The van der Waals surface area contributed by atoms with Crippen molar-refractivity contribution in [1.29, 1.82) is 0 Å². The molecule has 0 radical (unpaired) electrons. The molecule has 4 aromatic rings. The molecule has 182 valence electrons. The lowest BCUT2D eigenvalue weighted by Gasteiger charge is -2.15. The predicted molar refractivity (Wildman–Crippen MR) is 169 cm³/mol. The van der Waals surface area contributed by atoms with Crippen LogP contribution >= 0.6 is 56.3 Å². The van der Waals surface area contributed by atoms with E-state index < -0.39 is 0 Å². The molecule has 0 aliphatic heterocycles. The number of nitrogens with one attached hydrogen (secondary N) is 4. The molecule has 0 atom stereocenters. The number of rotatable bonds is 5. The summed E-state index contributed by atoms with van der Waals surface area (Å²) in [6.45, 7) is 4.15. The molecule has 0 saturated heterocycles. The number of hydrogen-bond donors (Lipinski definition) is 4. The van der Waals surface area contributed by atoms with Gasteiger partial charge in [0.15, 0.2) is 10.2 Å². The second-order valence-electron chi connectivity index (χ2n) is 8.23. The largest absolute Gasteiger partial charge is 0.332 e. The van der Waals surface area contributed by atoms with Crippen molar-refractivity contribution in [3.05, 3.63) is 105 Å². The Balaban J connectivity index is 1.40. The number of halogens is 2. The summed E-state index contributed by atoms with van der Waals surface area (Å²) >= 11 is 17.9. The summed E-state index contributed by atoms with van der Waals surface area (Å²) in [6.07, 6.45) is 0. The molecule has 0 fully saturated rings. The van der Waals surface area contributed by atoms with E-state index >= 15 is 0 Å². The second-order valence-corrected chi connectivity index (χ2v) is 10.9. The molecule has 4 nitrogen and oxygen atoms in total. The summed E-state index contributed by atoms with van der Waals surface area (Å²) in [5, 5.41) is 14.1. The molecule has 4 rings (SSSR count). The minimum absolute atomic E-state index is 0.548. The fourth-order valence-electron chi connectivity index (χ4n) is 3.60. The van der Waals surface area contributed by atoms with Crippen LogP contribution in [0.5, 0.6) is 0 Å². The van der Waals surface area contributed by atoms with Crippen molar-refractivity contribution in [2.75, 3.05) is 21.3 Å². The summed E-state index contributed by atoms with van der Waals surface area (Å²) in [5.74, 6) is 0. The van der Waals surface area contributed by atoms with E-state index in [2.05, 4.69) is 103 Å². The quantitative estimate of drug-likeness (QED) is 0.163. The van der Waals surface area contributed by atoms with Gasteiger partial charge in [-0.25, -0.2) is 0 Å². The lowest BCUT2D eigenvalue weighted by atomic mass is 10.00.